The van der Waals surface area contributed by atoms with E-state index in [0.717, 1.165) is 24.2 Å². The molecule has 1 aliphatic heterocycles. The number of nitrogens with one attached hydrogen (secondary N) is 1. The number of benzene rings is 2. The van der Waals surface area contributed by atoms with Crippen molar-refractivity contribution in [1.82, 2.24) is 5.43 Å². The van der Waals surface area contributed by atoms with Crippen molar-refractivity contribution in [2.75, 3.05) is 18.1 Å². The van der Waals surface area contributed by atoms with E-state index in [1.165, 1.54) is 29.2 Å². The lowest BCUT2D eigenvalue weighted by Crippen LogP contribution is -2.30. The van der Waals surface area contributed by atoms with E-state index in [0.29, 0.717) is 12.3 Å². The number of carbonyl (C=O) groups excluding carboxylic acids is 2. The minimum atomic E-state index is -0.501. The highest BCUT2D eigenvalue weighted by molar-refractivity contribution is 6.00. The summed E-state index contributed by atoms with van der Waals surface area (Å²) in [5.41, 5.74) is 3.89. The van der Waals surface area contributed by atoms with Gasteiger partial charge in [0.25, 0.3) is 0 Å². The fourth-order valence-corrected chi connectivity index (χ4v) is 3.00. The van der Waals surface area contributed by atoms with E-state index in [9.17, 15) is 14.0 Å². The molecule has 1 heterocycles. The molecule has 1 atom stereocenters. The molecule has 2 aromatic rings. The van der Waals surface area contributed by atoms with Crippen molar-refractivity contribution in [3.8, 4) is 5.75 Å². The molecule has 0 aromatic heterocycles. The van der Waals surface area contributed by atoms with E-state index in [4.69, 9.17) is 4.74 Å². The largest absolute Gasteiger partial charge is 0.494 e. The molecule has 0 aliphatic carbocycles. The zero-order chi connectivity index (χ0) is 20.6. The number of amides is 2. The molecule has 0 bridgehead atoms. The van der Waals surface area contributed by atoms with Crippen LogP contribution < -0.4 is 15.1 Å². The molecule has 2 aromatic carbocycles. The van der Waals surface area contributed by atoms with Crippen LogP contribution in [0.3, 0.4) is 0 Å². The van der Waals surface area contributed by atoms with Crippen molar-refractivity contribution in [1.29, 1.82) is 0 Å². The lowest BCUT2D eigenvalue weighted by atomic mass is 10.1. The average Bonchev–Trinajstić information content (AvgIpc) is 3.12. The Kier molecular flexibility index (Phi) is 6.94. The Labute approximate surface area is 169 Å². The molecular weight excluding hydrogens is 373 g/mol. The molecule has 0 spiro atoms. The lowest BCUT2D eigenvalue weighted by molar-refractivity contribution is -0.126. The monoisotopic (exact) mass is 397 g/mol. The smallest absolute Gasteiger partial charge is 0.245 e. The fourth-order valence-electron chi connectivity index (χ4n) is 3.00. The topological polar surface area (TPSA) is 71.0 Å². The summed E-state index contributed by atoms with van der Waals surface area (Å²) in [6.07, 6.45) is 3.74. The highest BCUT2D eigenvalue weighted by atomic mass is 19.1. The van der Waals surface area contributed by atoms with E-state index >= 15 is 0 Å². The van der Waals surface area contributed by atoms with Crippen LogP contribution >= 0.6 is 0 Å². The van der Waals surface area contributed by atoms with E-state index in [-0.39, 0.29) is 30.6 Å². The van der Waals surface area contributed by atoms with Gasteiger partial charge in [0.1, 0.15) is 11.6 Å². The van der Waals surface area contributed by atoms with Crippen LogP contribution in [0, 0.1) is 11.7 Å². The molecule has 0 radical (unpaired) electrons. The van der Waals surface area contributed by atoms with Crippen molar-refractivity contribution in [2.24, 2.45) is 11.0 Å². The highest BCUT2D eigenvalue weighted by Gasteiger charge is 2.35. The van der Waals surface area contributed by atoms with Crippen LogP contribution in [0.2, 0.25) is 0 Å². The summed E-state index contributed by atoms with van der Waals surface area (Å²) in [5.74, 6) is -0.563. The average molecular weight is 397 g/mol. The van der Waals surface area contributed by atoms with E-state index in [1.807, 2.05) is 24.3 Å². The second kappa shape index (κ2) is 9.82. The third-order valence-corrected chi connectivity index (χ3v) is 4.67. The molecule has 3 rings (SSSR count). The van der Waals surface area contributed by atoms with Crippen LogP contribution in [0.15, 0.2) is 53.6 Å². The maximum atomic E-state index is 13.1. The Morgan fingerprint density at radius 2 is 1.97 bits per heavy atom. The normalized spacial score (nSPS) is 16.4. The van der Waals surface area contributed by atoms with Gasteiger partial charge >= 0.3 is 0 Å². The minimum absolute atomic E-state index is 0.0997. The van der Waals surface area contributed by atoms with Gasteiger partial charge < -0.3 is 9.64 Å². The number of rotatable bonds is 8. The zero-order valence-electron chi connectivity index (χ0n) is 16.3. The third kappa shape index (κ3) is 5.63. The van der Waals surface area contributed by atoms with Crippen molar-refractivity contribution in [3.63, 3.8) is 0 Å². The molecular formula is C22H24FN3O3. The second-order valence-electron chi connectivity index (χ2n) is 6.89. The van der Waals surface area contributed by atoms with Crippen molar-refractivity contribution in [3.05, 3.63) is 59.9 Å². The summed E-state index contributed by atoms with van der Waals surface area (Å²) >= 11 is 0. The molecule has 2 amide bonds. The first-order valence-corrected chi connectivity index (χ1v) is 9.68. The van der Waals surface area contributed by atoms with Crippen molar-refractivity contribution < 1.29 is 18.7 Å². The molecule has 7 heteroatoms. The van der Waals surface area contributed by atoms with Gasteiger partial charge in [0.2, 0.25) is 11.8 Å². The summed E-state index contributed by atoms with van der Waals surface area (Å²) in [4.78, 5) is 26.0. The van der Waals surface area contributed by atoms with Crippen molar-refractivity contribution >= 4 is 23.7 Å². The number of ether oxygens (including phenoxy) is 1. The SMILES string of the molecule is CCCCOc1ccc(/C=N\NC(=O)[C@H]2CC(=O)N(c3ccc(F)cc3)C2)cc1. The summed E-state index contributed by atoms with van der Waals surface area (Å²) in [7, 11) is 0. The number of halogens is 1. The van der Waals surface area contributed by atoms with Gasteiger partial charge in [-0.1, -0.05) is 13.3 Å². The first-order valence-electron chi connectivity index (χ1n) is 9.68. The van der Waals surface area contributed by atoms with Gasteiger partial charge in [0.05, 0.1) is 18.7 Å². The number of anilines is 1. The molecule has 1 saturated heterocycles. The lowest BCUT2D eigenvalue weighted by Gasteiger charge is -2.16. The molecule has 6 nitrogen and oxygen atoms in total. The Morgan fingerprint density at radius 3 is 2.66 bits per heavy atom. The number of hydrogen-bond acceptors (Lipinski definition) is 4. The highest BCUT2D eigenvalue weighted by Crippen LogP contribution is 2.25. The third-order valence-electron chi connectivity index (χ3n) is 4.67. The maximum Gasteiger partial charge on any atom is 0.245 e. The van der Waals surface area contributed by atoms with Crippen LogP contribution in [0.1, 0.15) is 31.7 Å². The van der Waals surface area contributed by atoms with Gasteiger partial charge in [0, 0.05) is 18.7 Å². The molecule has 29 heavy (non-hydrogen) atoms. The van der Waals surface area contributed by atoms with Gasteiger partial charge in [-0.15, -0.1) is 0 Å². The molecule has 0 unspecified atom stereocenters. The van der Waals surface area contributed by atoms with Gasteiger partial charge in [-0.2, -0.15) is 5.10 Å². The van der Waals surface area contributed by atoms with Crippen LogP contribution in [0.4, 0.5) is 10.1 Å². The van der Waals surface area contributed by atoms with Crippen molar-refractivity contribution in [2.45, 2.75) is 26.2 Å². The summed E-state index contributed by atoms with van der Waals surface area (Å²) in [6.45, 7) is 3.05. The van der Waals surface area contributed by atoms with Crippen LogP contribution in [-0.2, 0) is 9.59 Å². The first kappa shape index (κ1) is 20.5. The van der Waals surface area contributed by atoms with Gasteiger partial charge in [0.15, 0.2) is 0 Å². The minimum Gasteiger partial charge on any atom is -0.494 e. The molecule has 0 saturated carbocycles. The van der Waals surface area contributed by atoms with E-state index < -0.39 is 5.92 Å². The Morgan fingerprint density at radius 1 is 1.24 bits per heavy atom. The summed E-state index contributed by atoms with van der Waals surface area (Å²) < 4.78 is 18.7. The molecule has 1 fully saturated rings. The number of carbonyl (C=O) groups is 2. The van der Waals surface area contributed by atoms with E-state index in [2.05, 4.69) is 17.5 Å². The summed E-state index contributed by atoms with van der Waals surface area (Å²) in [6, 6.07) is 13.1. The maximum absolute atomic E-state index is 13.1. The number of hydrazone groups is 1. The summed E-state index contributed by atoms with van der Waals surface area (Å²) in [5, 5.41) is 3.98. The zero-order valence-corrected chi connectivity index (χ0v) is 16.3. The van der Waals surface area contributed by atoms with Crippen LogP contribution in [-0.4, -0.2) is 31.2 Å². The number of unbranched alkanes of at least 4 members (excludes halogenated alkanes) is 1. The predicted molar refractivity (Wildman–Crippen MR) is 109 cm³/mol. The van der Waals surface area contributed by atoms with Crippen LogP contribution in [0.5, 0.6) is 5.75 Å². The Bertz CT molecular complexity index is 866. The Balaban J connectivity index is 1.50. The number of nitrogens with zero attached hydrogens (tertiary/aromatic N) is 2. The molecule has 152 valence electrons. The quantitative estimate of drug-likeness (QED) is 0.421. The predicted octanol–water partition coefficient (Wildman–Crippen LogP) is 3.51. The second-order valence-corrected chi connectivity index (χ2v) is 6.89. The fraction of sp³-hybridized carbons (Fsp3) is 0.318. The van der Waals surface area contributed by atoms with Crippen LogP contribution in [0.25, 0.3) is 0 Å². The van der Waals surface area contributed by atoms with Gasteiger partial charge in [-0.05, 0) is 60.5 Å². The number of hydrogen-bond donors (Lipinski definition) is 1. The molecule has 1 aliphatic rings. The molecule has 1 N–H and O–H groups in total. The first-order chi connectivity index (χ1) is 14.1. The Hall–Kier alpha value is -3.22. The van der Waals surface area contributed by atoms with Gasteiger partial charge in [-0.25, -0.2) is 9.82 Å². The standard InChI is InChI=1S/C22H24FN3O3/c1-2-3-12-29-20-10-4-16(5-11-20)14-24-25-22(28)17-13-21(27)26(15-17)19-8-6-18(23)7-9-19/h4-11,14,17H,2-3,12-13,15H2,1H3,(H,25,28)/b24-14-/t17-/m0/s1. The van der Waals surface area contributed by atoms with Gasteiger partial charge in [-0.3, -0.25) is 9.59 Å². The van der Waals surface area contributed by atoms with E-state index in [1.54, 1.807) is 6.21 Å².